The highest BCUT2D eigenvalue weighted by Gasteiger charge is 2.26. The fourth-order valence-corrected chi connectivity index (χ4v) is 4.14. The molecule has 3 aromatic rings. The van der Waals surface area contributed by atoms with E-state index in [1.165, 1.54) is 11.9 Å². The third kappa shape index (κ3) is 4.91. The number of carbonyl (C=O) groups excluding carboxylic acids is 1. The lowest BCUT2D eigenvalue weighted by atomic mass is 9.95. The van der Waals surface area contributed by atoms with Crippen molar-refractivity contribution in [1.82, 2.24) is 15.1 Å². The average Bonchev–Trinajstić information content (AvgIpc) is 2.78. The fourth-order valence-electron chi connectivity index (χ4n) is 3.14. The Kier molecular flexibility index (Phi) is 6.70. The van der Waals surface area contributed by atoms with Crippen LogP contribution in [-0.4, -0.2) is 54.0 Å². The number of nitrogens with one attached hydrogen (secondary N) is 1. The summed E-state index contributed by atoms with van der Waals surface area (Å²) in [5, 5.41) is 6.13. The second-order valence-electron chi connectivity index (χ2n) is 7.53. The van der Waals surface area contributed by atoms with E-state index in [4.69, 9.17) is 0 Å². The zero-order chi connectivity index (χ0) is 22.6. The van der Waals surface area contributed by atoms with Crippen LogP contribution in [0.25, 0.3) is 22.4 Å². The Hall–Kier alpha value is -3.26. The number of hydrogen-bond acceptors (Lipinski definition) is 5. The molecule has 3 rings (SSSR count). The van der Waals surface area contributed by atoms with E-state index in [9.17, 15) is 18.0 Å². The molecule has 0 spiro atoms. The minimum absolute atomic E-state index is 0.0178. The number of aromatic amines is 1. The van der Waals surface area contributed by atoms with Crippen LogP contribution in [-0.2, 0) is 9.84 Å². The molecule has 0 aliphatic rings. The molecule has 0 aliphatic heterocycles. The van der Waals surface area contributed by atoms with Crippen LogP contribution in [0.3, 0.4) is 0 Å². The van der Waals surface area contributed by atoms with Crippen molar-refractivity contribution in [2.45, 2.75) is 19.1 Å². The summed E-state index contributed by atoms with van der Waals surface area (Å²) in [6, 6.07) is 18.4. The van der Waals surface area contributed by atoms with Gasteiger partial charge in [0.1, 0.15) is 5.56 Å². The minimum atomic E-state index is -3.32. The van der Waals surface area contributed by atoms with E-state index in [0.717, 1.165) is 5.56 Å². The molecule has 8 heteroatoms. The van der Waals surface area contributed by atoms with Crippen molar-refractivity contribution in [3.8, 4) is 22.4 Å². The van der Waals surface area contributed by atoms with Crippen molar-refractivity contribution in [2.24, 2.45) is 0 Å². The second-order valence-corrected chi connectivity index (χ2v) is 10.2. The number of rotatable bonds is 7. The fraction of sp³-hybridized carbons (Fsp3) is 0.261. The normalized spacial score (nSPS) is 11.5. The van der Waals surface area contributed by atoms with E-state index in [-0.39, 0.29) is 17.9 Å². The highest BCUT2D eigenvalue weighted by Crippen LogP contribution is 2.31. The maximum Gasteiger partial charge on any atom is 0.277 e. The summed E-state index contributed by atoms with van der Waals surface area (Å²) in [6.07, 6.45) is 0. The van der Waals surface area contributed by atoms with Gasteiger partial charge in [-0.05, 0) is 19.4 Å². The molecule has 0 aliphatic carbocycles. The summed E-state index contributed by atoms with van der Waals surface area (Å²) in [7, 11) is -1.83. The zero-order valence-corrected chi connectivity index (χ0v) is 18.5. The third-order valence-corrected chi connectivity index (χ3v) is 7.27. The van der Waals surface area contributed by atoms with Gasteiger partial charge >= 0.3 is 0 Å². The maximum absolute atomic E-state index is 13.3. The number of hydrogen-bond donors (Lipinski definition) is 1. The molecule has 0 bridgehead atoms. The predicted octanol–water partition coefficient (Wildman–Crippen LogP) is 3.00. The van der Waals surface area contributed by atoms with E-state index in [1.807, 2.05) is 60.7 Å². The molecule has 1 N–H and O–H groups in total. The van der Waals surface area contributed by atoms with E-state index in [1.54, 1.807) is 13.8 Å². The highest BCUT2D eigenvalue weighted by molar-refractivity contribution is 7.92. The molecule has 0 saturated carbocycles. The molecule has 7 nitrogen and oxygen atoms in total. The van der Waals surface area contributed by atoms with Gasteiger partial charge in [0.25, 0.3) is 11.5 Å². The Bertz CT molecular complexity index is 1220. The van der Waals surface area contributed by atoms with Gasteiger partial charge in [0, 0.05) is 24.7 Å². The van der Waals surface area contributed by atoms with Gasteiger partial charge in [-0.3, -0.25) is 9.59 Å². The summed E-state index contributed by atoms with van der Waals surface area (Å²) in [6.45, 7) is 3.19. The van der Waals surface area contributed by atoms with Gasteiger partial charge < -0.3 is 4.90 Å². The first-order chi connectivity index (χ1) is 14.7. The number of amides is 1. The van der Waals surface area contributed by atoms with E-state index in [0.29, 0.717) is 16.8 Å². The molecule has 0 atom stereocenters. The van der Waals surface area contributed by atoms with Crippen LogP contribution in [0, 0.1) is 0 Å². The number of carbonyl (C=O) groups is 1. The molecule has 31 heavy (non-hydrogen) atoms. The molecule has 0 unspecified atom stereocenters. The van der Waals surface area contributed by atoms with Crippen LogP contribution in [0.2, 0.25) is 0 Å². The number of benzene rings is 2. The van der Waals surface area contributed by atoms with E-state index >= 15 is 0 Å². The summed E-state index contributed by atoms with van der Waals surface area (Å²) in [5.74, 6) is -0.735. The number of sulfone groups is 1. The van der Waals surface area contributed by atoms with Crippen molar-refractivity contribution < 1.29 is 13.2 Å². The monoisotopic (exact) mass is 439 g/mol. The Morgan fingerprint density at radius 2 is 1.55 bits per heavy atom. The van der Waals surface area contributed by atoms with E-state index in [2.05, 4.69) is 10.2 Å². The van der Waals surface area contributed by atoms with Gasteiger partial charge in [-0.2, -0.15) is 5.10 Å². The second kappa shape index (κ2) is 9.26. The van der Waals surface area contributed by atoms with E-state index < -0.39 is 26.6 Å². The minimum Gasteiger partial charge on any atom is -0.340 e. The summed E-state index contributed by atoms with van der Waals surface area (Å²) < 4.78 is 24.3. The standard InChI is InChI=1S/C23H25N3O4S/c1-16(2)31(29,30)15-14-26(3)23(28)20-19(17-10-6-4-7-11-17)21(24-25-22(20)27)18-12-8-5-9-13-18/h4-13,16H,14-15H2,1-3H3,(H,25,27). The van der Waals surface area contributed by atoms with Gasteiger partial charge in [0.2, 0.25) is 0 Å². The van der Waals surface area contributed by atoms with Gasteiger partial charge in [-0.15, -0.1) is 0 Å². The van der Waals surface area contributed by atoms with Crippen molar-refractivity contribution in [2.75, 3.05) is 19.3 Å². The van der Waals surface area contributed by atoms with Crippen molar-refractivity contribution in [3.05, 3.63) is 76.6 Å². The summed E-state index contributed by atoms with van der Waals surface area (Å²) in [5.41, 5.74) is 1.62. The lowest BCUT2D eigenvalue weighted by Gasteiger charge is -2.20. The first-order valence-electron chi connectivity index (χ1n) is 9.93. The number of aromatic nitrogens is 2. The highest BCUT2D eigenvalue weighted by atomic mass is 32.2. The lowest BCUT2D eigenvalue weighted by Crippen LogP contribution is -2.37. The zero-order valence-electron chi connectivity index (χ0n) is 17.7. The molecule has 0 fully saturated rings. The molecule has 1 amide bonds. The molecule has 0 saturated heterocycles. The SMILES string of the molecule is CC(C)S(=O)(=O)CCN(C)C(=O)c1c(-c2ccccc2)c(-c2ccccc2)n[nH]c1=O. The van der Waals surface area contributed by atoms with Crippen LogP contribution in [0.5, 0.6) is 0 Å². The third-order valence-electron chi connectivity index (χ3n) is 5.08. The molecule has 1 heterocycles. The maximum atomic E-state index is 13.3. The average molecular weight is 440 g/mol. The molecule has 162 valence electrons. The first kappa shape index (κ1) is 22.4. The van der Waals surface area contributed by atoms with Crippen molar-refractivity contribution in [1.29, 1.82) is 0 Å². The Balaban J connectivity index is 2.11. The van der Waals surface area contributed by atoms with Crippen LogP contribution in [0.4, 0.5) is 0 Å². The van der Waals surface area contributed by atoms with Crippen molar-refractivity contribution in [3.63, 3.8) is 0 Å². The summed E-state index contributed by atoms with van der Waals surface area (Å²) >= 11 is 0. The van der Waals surface area contributed by atoms with Crippen LogP contribution >= 0.6 is 0 Å². The number of nitrogens with zero attached hydrogens (tertiary/aromatic N) is 2. The number of H-pyrrole nitrogens is 1. The Morgan fingerprint density at radius 1 is 1.00 bits per heavy atom. The Labute approximate surface area is 181 Å². The predicted molar refractivity (Wildman–Crippen MR) is 122 cm³/mol. The largest absolute Gasteiger partial charge is 0.340 e. The molecular formula is C23H25N3O4S. The van der Waals surface area contributed by atoms with Crippen molar-refractivity contribution >= 4 is 15.7 Å². The van der Waals surface area contributed by atoms with Gasteiger partial charge in [-0.25, -0.2) is 13.5 Å². The smallest absolute Gasteiger partial charge is 0.277 e. The Morgan fingerprint density at radius 3 is 2.10 bits per heavy atom. The topological polar surface area (TPSA) is 100 Å². The van der Waals surface area contributed by atoms with Gasteiger partial charge in [-0.1, -0.05) is 60.7 Å². The van der Waals surface area contributed by atoms with Crippen LogP contribution in [0.15, 0.2) is 65.5 Å². The lowest BCUT2D eigenvalue weighted by molar-refractivity contribution is 0.0802. The molecule has 1 aromatic heterocycles. The summed E-state index contributed by atoms with van der Waals surface area (Å²) in [4.78, 5) is 27.4. The van der Waals surface area contributed by atoms with Gasteiger partial charge in [0.15, 0.2) is 9.84 Å². The van der Waals surface area contributed by atoms with Crippen LogP contribution in [0.1, 0.15) is 24.2 Å². The van der Waals surface area contributed by atoms with Gasteiger partial charge in [0.05, 0.1) is 16.7 Å². The van der Waals surface area contributed by atoms with Crippen LogP contribution < -0.4 is 5.56 Å². The quantitative estimate of drug-likeness (QED) is 0.610. The molecular weight excluding hydrogens is 414 g/mol. The molecule has 2 aromatic carbocycles. The molecule has 0 radical (unpaired) electrons. The first-order valence-corrected chi connectivity index (χ1v) is 11.6.